The summed E-state index contributed by atoms with van der Waals surface area (Å²) in [6.07, 6.45) is 0. The minimum absolute atomic E-state index is 0.295. The summed E-state index contributed by atoms with van der Waals surface area (Å²) in [4.78, 5) is 7.78. The van der Waals surface area contributed by atoms with Gasteiger partial charge >= 0.3 is 0 Å². The molecule has 72 heavy (non-hydrogen) atoms. The number of rotatable bonds is 10. The van der Waals surface area contributed by atoms with Crippen LogP contribution in [-0.2, 0) is 0 Å². The van der Waals surface area contributed by atoms with E-state index < -0.39 is 11.6 Å². The number of para-hydroxylation sites is 3. The first-order valence-corrected chi connectivity index (χ1v) is 23.6. The lowest BCUT2D eigenvalue weighted by Gasteiger charge is -2.32. The molecule has 0 aromatic heterocycles. The summed E-state index contributed by atoms with van der Waals surface area (Å²) < 4.78 is 35.6. The molecule has 12 aromatic carbocycles. The lowest BCUT2D eigenvalue weighted by Crippen LogP contribution is -2.15. The molecule has 0 saturated carbocycles. The van der Waals surface area contributed by atoms with E-state index in [1.54, 1.807) is 24.3 Å². The van der Waals surface area contributed by atoms with Crippen LogP contribution in [0.5, 0.6) is 0 Å². The Balaban J connectivity index is 1.15. The van der Waals surface area contributed by atoms with Gasteiger partial charge in [0.25, 0.3) is 0 Å². The molecule has 12 rings (SSSR count). The average Bonchev–Trinajstić information content (AvgIpc) is 3.44. The van der Waals surface area contributed by atoms with Gasteiger partial charge in [0.05, 0.1) is 46.3 Å². The monoisotopic (exact) mass is 926 g/mol. The van der Waals surface area contributed by atoms with Crippen molar-refractivity contribution >= 4 is 72.1 Å². The van der Waals surface area contributed by atoms with E-state index in [1.165, 1.54) is 0 Å². The molecule has 12 aromatic rings. The molecule has 0 spiro atoms. The lowest BCUT2D eigenvalue weighted by atomic mass is 9.90. The van der Waals surface area contributed by atoms with Gasteiger partial charge in [-0.3, -0.25) is 0 Å². The molecule has 4 nitrogen and oxygen atoms in total. The Hall–Kier alpha value is -9.88. The standard InChI is InChI=1S/C66H40F2N4/c1-70-58-27-15-17-29-62(58)72(66-55(46-24-12-5-13-25-46)39-51(41-57(66)68)44-20-8-3-9-21-44)61-37-33-48-30-34-52-60(36-32-47-31-35-53(61)64(48)63(47)52)71(59-28-16-14-26-49(59)42-69)65-54(45-22-10-4-11-23-45)38-50(40-56(65)67)43-18-6-2-7-19-43/h2-41H. The molecule has 6 heteroatoms. The highest BCUT2D eigenvalue weighted by Gasteiger charge is 2.29. The van der Waals surface area contributed by atoms with E-state index in [9.17, 15) is 5.26 Å². The first kappa shape index (κ1) is 43.4. The Morgan fingerprint density at radius 1 is 0.375 bits per heavy atom. The van der Waals surface area contributed by atoms with Crippen LogP contribution in [0.25, 0.3) is 81.7 Å². The number of nitrogens with zero attached hydrogens (tertiary/aromatic N) is 4. The molecule has 0 aliphatic heterocycles. The van der Waals surface area contributed by atoms with Crippen LogP contribution < -0.4 is 9.80 Å². The van der Waals surface area contributed by atoms with Gasteiger partial charge in [0.2, 0.25) is 5.69 Å². The Morgan fingerprint density at radius 3 is 1.22 bits per heavy atom. The maximum absolute atomic E-state index is 17.8. The predicted molar refractivity (Wildman–Crippen MR) is 292 cm³/mol. The van der Waals surface area contributed by atoms with Gasteiger partial charge in [-0.25, -0.2) is 13.6 Å². The predicted octanol–water partition coefficient (Wildman–Crippen LogP) is 18.9. The van der Waals surface area contributed by atoms with Gasteiger partial charge in [0.15, 0.2) is 0 Å². The zero-order valence-electron chi connectivity index (χ0n) is 38.6. The third-order valence-corrected chi connectivity index (χ3v) is 13.6. The Bertz CT molecular complexity index is 3820. The second-order valence-corrected chi connectivity index (χ2v) is 17.7. The number of benzene rings is 12. The molecule has 0 saturated heterocycles. The van der Waals surface area contributed by atoms with Gasteiger partial charge in [-0.15, -0.1) is 0 Å². The highest BCUT2D eigenvalue weighted by molar-refractivity contribution is 6.28. The van der Waals surface area contributed by atoms with Crippen molar-refractivity contribution < 1.29 is 8.78 Å². The number of hydrogen-bond donors (Lipinski definition) is 0. The Morgan fingerprint density at radius 2 is 0.764 bits per heavy atom. The SMILES string of the molecule is [C-]#[N+]c1ccccc1N(c1c(F)cc(-c2ccccc2)cc1-c1ccccc1)c1ccc2ccc3c(N(c4ccccc4C#N)c4c(F)cc(-c5ccccc5)cc4-c4ccccc4)ccc4ccc1c2c43. The number of halogens is 2. The van der Waals surface area contributed by atoms with Gasteiger partial charge in [-0.2, -0.15) is 5.26 Å². The van der Waals surface area contributed by atoms with Crippen molar-refractivity contribution in [3.05, 3.63) is 271 Å². The third-order valence-electron chi connectivity index (χ3n) is 13.6. The molecule has 0 aliphatic rings. The van der Waals surface area contributed by atoms with E-state index in [1.807, 2.05) is 204 Å². The van der Waals surface area contributed by atoms with Gasteiger partial charge < -0.3 is 9.80 Å². The molecule has 0 aliphatic carbocycles. The van der Waals surface area contributed by atoms with Crippen LogP contribution in [0.1, 0.15) is 5.56 Å². The summed E-state index contributed by atoms with van der Waals surface area (Å²) >= 11 is 0. The molecule has 338 valence electrons. The molecule has 0 bridgehead atoms. The van der Waals surface area contributed by atoms with Gasteiger partial charge in [-0.1, -0.05) is 188 Å². The fraction of sp³-hybridized carbons (Fsp3) is 0. The fourth-order valence-electron chi connectivity index (χ4n) is 10.3. The molecular formula is C66H40F2N4. The summed E-state index contributed by atoms with van der Waals surface area (Å²) in [5, 5.41) is 16.1. The van der Waals surface area contributed by atoms with Crippen molar-refractivity contribution in [3.63, 3.8) is 0 Å². The zero-order valence-corrected chi connectivity index (χ0v) is 38.6. The highest BCUT2D eigenvalue weighted by atomic mass is 19.1. The van der Waals surface area contributed by atoms with E-state index in [2.05, 4.69) is 35.2 Å². The summed E-state index contributed by atoms with van der Waals surface area (Å²) in [6.45, 7) is 8.38. The van der Waals surface area contributed by atoms with Crippen molar-refractivity contribution in [3.8, 4) is 50.6 Å². The maximum atomic E-state index is 17.8. The van der Waals surface area contributed by atoms with Crippen LogP contribution in [0, 0.1) is 29.5 Å². The summed E-state index contributed by atoms with van der Waals surface area (Å²) in [6, 6.07) is 79.8. The summed E-state index contributed by atoms with van der Waals surface area (Å²) in [7, 11) is 0. The van der Waals surface area contributed by atoms with Gasteiger partial charge in [0.1, 0.15) is 17.7 Å². The van der Waals surface area contributed by atoms with Crippen LogP contribution in [-0.4, -0.2) is 0 Å². The van der Waals surface area contributed by atoms with Gasteiger partial charge in [0, 0.05) is 21.9 Å². The molecule has 0 atom stereocenters. The normalized spacial score (nSPS) is 11.2. The smallest absolute Gasteiger partial charge is 0.210 e. The fourth-order valence-corrected chi connectivity index (χ4v) is 10.3. The Labute approximate surface area is 415 Å². The van der Waals surface area contributed by atoms with Crippen LogP contribution in [0.4, 0.5) is 48.6 Å². The molecule has 0 fully saturated rings. The molecule has 0 amide bonds. The molecule has 0 N–H and O–H groups in total. The number of anilines is 6. The van der Waals surface area contributed by atoms with Crippen LogP contribution in [0.3, 0.4) is 0 Å². The number of nitriles is 1. The molecular weight excluding hydrogens is 887 g/mol. The van der Waals surface area contributed by atoms with Crippen molar-refractivity contribution in [2.24, 2.45) is 0 Å². The van der Waals surface area contributed by atoms with E-state index in [0.29, 0.717) is 56.5 Å². The van der Waals surface area contributed by atoms with Crippen LogP contribution >= 0.6 is 0 Å². The maximum Gasteiger partial charge on any atom is 0.210 e. The summed E-state index contributed by atoms with van der Waals surface area (Å²) in [5.74, 6) is -0.913. The zero-order chi connectivity index (χ0) is 48.7. The first-order valence-electron chi connectivity index (χ1n) is 23.6. The topological polar surface area (TPSA) is 34.6 Å². The third kappa shape index (κ3) is 7.43. The first-order chi connectivity index (χ1) is 35.5. The van der Waals surface area contributed by atoms with E-state index in [4.69, 9.17) is 6.57 Å². The van der Waals surface area contributed by atoms with Crippen molar-refractivity contribution in [2.75, 3.05) is 9.80 Å². The minimum Gasteiger partial charge on any atom is -0.317 e. The molecule has 0 radical (unpaired) electrons. The van der Waals surface area contributed by atoms with E-state index in [-0.39, 0.29) is 0 Å². The van der Waals surface area contributed by atoms with Crippen LogP contribution in [0.2, 0.25) is 0 Å². The molecule has 0 heterocycles. The van der Waals surface area contributed by atoms with Crippen LogP contribution in [0.15, 0.2) is 243 Å². The quantitative estimate of drug-likeness (QED) is 0.101. The average molecular weight is 927 g/mol. The Kier molecular flexibility index (Phi) is 11.0. The highest BCUT2D eigenvalue weighted by Crippen LogP contribution is 2.53. The van der Waals surface area contributed by atoms with Crippen molar-refractivity contribution in [1.29, 1.82) is 5.26 Å². The largest absolute Gasteiger partial charge is 0.317 e. The van der Waals surface area contributed by atoms with E-state index in [0.717, 1.165) is 65.7 Å². The number of hydrogen-bond acceptors (Lipinski definition) is 3. The second kappa shape index (κ2) is 18.2. The van der Waals surface area contributed by atoms with Crippen molar-refractivity contribution in [2.45, 2.75) is 0 Å². The second-order valence-electron chi connectivity index (χ2n) is 17.7. The van der Waals surface area contributed by atoms with E-state index >= 15 is 8.78 Å². The van der Waals surface area contributed by atoms with Gasteiger partial charge in [-0.05, 0) is 110 Å². The van der Waals surface area contributed by atoms with Crippen molar-refractivity contribution in [1.82, 2.24) is 0 Å². The summed E-state index contributed by atoms with van der Waals surface area (Å²) in [5.41, 5.74) is 9.83. The minimum atomic E-state index is -0.459. The molecule has 0 unspecified atom stereocenters. The lowest BCUT2D eigenvalue weighted by molar-refractivity contribution is 0.629.